The molecule has 2 aromatic rings. The predicted molar refractivity (Wildman–Crippen MR) is 97.2 cm³/mol. The first-order valence-corrected chi connectivity index (χ1v) is 8.68. The van der Waals surface area contributed by atoms with Gasteiger partial charge in [-0.15, -0.1) is 0 Å². The van der Waals surface area contributed by atoms with Gasteiger partial charge in [-0.2, -0.15) is 0 Å². The molecule has 0 saturated carbocycles. The van der Waals surface area contributed by atoms with Crippen molar-refractivity contribution in [2.45, 2.75) is 33.1 Å². The van der Waals surface area contributed by atoms with Crippen LogP contribution in [-0.2, 0) is 15.9 Å². The average Bonchev–Trinajstić information content (AvgIpc) is 2.67. The molecule has 0 fully saturated rings. The van der Waals surface area contributed by atoms with Crippen LogP contribution in [-0.4, -0.2) is 24.5 Å². The molecule has 2 aromatic carbocycles. The normalized spacial score (nSPS) is 10.2. The van der Waals surface area contributed by atoms with E-state index in [4.69, 9.17) is 9.47 Å². The van der Waals surface area contributed by atoms with Crippen molar-refractivity contribution in [1.82, 2.24) is 0 Å². The zero-order chi connectivity index (χ0) is 18.9. The molecule has 0 aromatic heterocycles. The van der Waals surface area contributed by atoms with Gasteiger partial charge in [0.05, 0.1) is 23.3 Å². The number of benzene rings is 2. The van der Waals surface area contributed by atoms with Crippen LogP contribution in [0.5, 0.6) is 0 Å². The molecule has 0 aliphatic heterocycles. The molecule has 0 bridgehead atoms. The van der Waals surface area contributed by atoms with Crippen molar-refractivity contribution in [3.8, 4) is 0 Å². The third-order valence-electron chi connectivity index (χ3n) is 3.81. The van der Waals surface area contributed by atoms with E-state index in [9.17, 15) is 14.4 Å². The van der Waals surface area contributed by atoms with Gasteiger partial charge in [0, 0.05) is 0 Å². The van der Waals surface area contributed by atoms with Crippen LogP contribution in [0.4, 0.5) is 0 Å². The standard InChI is InChI=1S/C21H22O5/c1-3-5-9-15-12-13-17(20(23)25-4-2)18(14-15)21(24)26-19(22)16-10-7-6-8-11-16/h6-8,10-14H,3-5,9H2,1-2H3. The maximum absolute atomic E-state index is 12.5. The van der Waals surface area contributed by atoms with Crippen LogP contribution >= 0.6 is 0 Å². The summed E-state index contributed by atoms with van der Waals surface area (Å²) in [7, 11) is 0. The SMILES string of the molecule is CCCCc1ccc(C(=O)OCC)c(C(=O)OC(=O)c2ccccc2)c1. The van der Waals surface area contributed by atoms with Gasteiger partial charge in [-0.05, 0) is 49.6 Å². The van der Waals surface area contributed by atoms with E-state index in [0.717, 1.165) is 24.8 Å². The Bertz CT molecular complexity index is 780. The molecule has 0 heterocycles. The molecule has 5 nitrogen and oxygen atoms in total. The Morgan fingerprint density at radius 1 is 0.846 bits per heavy atom. The largest absolute Gasteiger partial charge is 0.462 e. The van der Waals surface area contributed by atoms with Crippen molar-refractivity contribution >= 4 is 17.9 Å². The van der Waals surface area contributed by atoms with Crippen LogP contribution in [0.15, 0.2) is 48.5 Å². The lowest BCUT2D eigenvalue weighted by atomic mass is 10.0. The Morgan fingerprint density at radius 3 is 2.23 bits per heavy atom. The smallest absolute Gasteiger partial charge is 0.346 e. The minimum Gasteiger partial charge on any atom is -0.462 e. The molecule has 0 aliphatic rings. The van der Waals surface area contributed by atoms with Gasteiger partial charge >= 0.3 is 17.9 Å². The fourth-order valence-corrected chi connectivity index (χ4v) is 2.46. The number of ether oxygens (including phenoxy) is 2. The number of esters is 3. The number of unbranched alkanes of at least 4 members (excludes halogenated alkanes) is 1. The number of carbonyl (C=O) groups excluding carboxylic acids is 3. The van der Waals surface area contributed by atoms with Gasteiger partial charge in [0.1, 0.15) is 0 Å². The highest BCUT2D eigenvalue weighted by Crippen LogP contribution is 2.18. The molecule has 26 heavy (non-hydrogen) atoms. The first kappa shape index (κ1) is 19.4. The van der Waals surface area contributed by atoms with Crippen molar-refractivity contribution in [2.24, 2.45) is 0 Å². The van der Waals surface area contributed by atoms with Gasteiger partial charge in [-0.3, -0.25) is 0 Å². The van der Waals surface area contributed by atoms with Gasteiger partial charge in [0.2, 0.25) is 0 Å². The summed E-state index contributed by atoms with van der Waals surface area (Å²) in [6.07, 6.45) is 2.73. The lowest BCUT2D eigenvalue weighted by Gasteiger charge is -2.10. The highest BCUT2D eigenvalue weighted by Gasteiger charge is 2.22. The molecular weight excluding hydrogens is 332 g/mol. The molecule has 2 rings (SSSR count). The summed E-state index contributed by atoms with van der Waals surface area (Å²) in [4.78, 5) is 36.8. The van der Waals surface area contributed by atoms with Crippen molar-refractivity contribution in [1.29, 1.82) is 0 Å². The zero-order valence-corrected chi connectivity index (χ0v) is 15.0. The number of rotatable bonds is 7. The lowest BCUT2D eigenvalue weighted by Crippen LogP contribution is -2.18. The van der Waals surface area contributed by atoms with Crippen LogP contribution < -0.4 is 0 Å². The molecule has 0 N–H and O–H groups in total. The van der Waals surface area contributed by atoms with E-state index >= 15 is 0 Å². The van der Waals surface area contributed by atoms with Crippen molar-refractivity contribution in [3.05, 3.63) is 70.8 Å². The highest BCUT2D eigenvalue weighted by molar-refractivity contribution is 6.08. The third-order valence-corrected chi connectivity index (χ3v) is 3.81. The van der Waals surface area contributed by atoms with Crippen molar-refractivity contribution in [2.75, 3.05) is 6.61 Å². The lowest BCUT2D eigenvalue weighted by molar-refractivity contribution is 0.0385. The Hall–Kier alpha value is -2.95. The van der Waals surface area contributed by atoms with Crippen molar-refractivity contribution in [3.63, 3.8) is 0 Å². The van der Waals surface area contributed by atoms with Gasteiger partial charge in [-0.1, -0.05) is 37.6 Å². The number of hydrogen-bond acceptors (Lipinski definition) is 5. The molecule has 136 valence electrons. The second kappa shape index (κ2) is 9.51. The van der Waals surface area contributed by atoms with E-state index in [0.29, 0.717) is 0 Å². The van der Waals surface area contributed by atoms with E-state index in [-0.39, 0.29) is 23.3 Å². The summed E-state index contributed by atoms with van der Waals surface area (Å²) >= 11 is 0. The zero-order valence-electron chi connectivity index (χ0n) is 15.0. The Balaban J connectivity index is 2.29. The van der Waals surface area contributed by atoms with Crippen LogP contribution in [0, 0.1) is 0 Å². The maximum Gasteiger partial charge on any atom is 0.346 e. The van der Waals surface area contributed by atoms with E-state index in [2.05, 4.69) is 6.92 Å². The van der Waals surface area contributed by atoms with Crippen LogP contribution in [0.25, 0.3) is 0 Å². The quantitative estimate of drug-likeness (QED) is 0.550. The van der Waals surface area contributed by atoms with E-state index in [1.54, 1.807) is 55.5 Å². The molecule has 5 heteroatoms. The Labute approximate surface area is 152 Å². The monoisotopic (exact) mass is 354 g/mol. The molecule has 0 spiro atoms. The average molecular weight is 354 g/mol. The molecule has 0 unspecified atom stereocenters. The molecule has 0 atom stereocenters. The number of hydrogen-bond donors (Lipinski definition) is 0. The second-order valence-corrected chi connectivity index (χ2v) is 5.75. The summed E-state index contributed by atoms with van der Waals surface area (Å²) in [5, 5.41) is 0. The summed E-state index contributed by atoms with van der Waals surface area (Å²) in [6, 6.07) is 13.2. The van der Waals surface area contributed by atoms with Crippen LogP contribution in [0.1, 0.15) is 63.3 Å². The first-order chi connectivity index (χ1) is 12.6. The minimum atomic E-state index is -0.861. The molecule has 0 saturated heterocycles. The van der Waals surface area contributed by atoms with Gasteiger partial charge < -0.3 is 9.47 Å². The van der Waals surface area contributed by atoms with Gasteiger partial charge in [0.15, 0.2) is 0 Å². The van der Waals surface area contributed by atoms with E-state index in [1.807, 2.05) is 0 Å². The first-order valence-electron chi connectivity index (χ1n) is 8.68. The fourth-order valence-electron chi connectivity index (χ4n) is 2.46. The topological polar surface area (TPSA) is 69.7 Å². The van der Waals surface area contributed by atoms with E-state index in [1.165, 1.54) is 0 Å². The van der Waals surface area contributed by atoms with Gasteiger partial charge in [0.25, 0.3) is 0 Å². The number of carbonyl (C=O) groups is 3. The third kappa shape index (κ3) is 5.02. The minimum absolute atomic E-state index is 0.0429. The molecule has 0 aliphatic carbocycles. The Morgan fingerprint density at radius 2 is 1.58 bits per heavy atom. The summed E-state index contributed by atoms with van der Waals surface area (Å²) in [5.74, 6) is -2.24. The molecule has 0 radical (unpaired) electrons. The van der Waals surface area contributed by atoms with E-state index < -0.39 is 17.9 Å². The second-order valence-electron chi connectivity index (χ2n) is 5.75. The highest BCUT2D eigenvalue weighted by atomic mass is 16.6. The maximum atomic E-state index is 12.5. The van der Waals surface area contributed by atoms with Crippen LogP contribution in [0.3, 0.4) is 0 Å². The van der Waals surface area contributed by atoms with Crippen LogP contribution in [0.2, 0.25) is 0 Å². The summed E-state index contributed by atoms with van der Waals surface area (Å²) in [5.41, 5.74) is 1.30. The number of aryl methyl sites for hydroxylation is 1. The summed E-state index contributed by atoms with van der Waals surface area (Å²) in [6.45, 7) is 3.94. The molecule has 0 amide bonds. The summed E-state index contributed by atoms with van der Waals surface area (Å²) < 4.78 is 9.96. The Kier molecular flexibility index (Phi) is 7.09. The predicted octanol–water partition coefficient (Wildman–Crippen LogP) is 4.20. The van der Waals surface area contributed by atoms with Crippen molar-refractivity contribution < 1.29 is 23.9 Å². The fraction of sp³-hybridized carbons (Fsp3) is 0.286. The van der Waals surface area contributed by atoms with Gasteiger partial charge in [-0.25, -0.2) is 14.4 Å². The molecular formula is C21H22O5.